The van der Waals surface area contributed by atoms with Gasteiger partial charge in [0.05, 0.1) is 15.4 Å². The Kier molecular flexibility index (Phi) is 4.39. The third-order valence-electron chi connectivity index (χ3n) is 2.62. The minimum atomic E-state index is -0.106. The first kappa shape index (κ1) is 13.8. The van der Waals surface area contributed by atoms with Crippen LogP contribution in [-0.4, -0.2) is 19.7 Å². The first-order valence-corrected chi connectivity index (χ1v) is 7.19. The number of nitrogens with zero attached hydrogens (tertiary/aromatic N) is 1. The molecule has 0 saturated carbocycles. The summed E-state index contributed by atoms with van der Waals surface area (Å²) in [6, 6.07) is 9.45. The Bertz CT molecular complexity index is 656. The third kappa shape index (κ3) is 2.88. The standard InChI is InChI=1S/C14H14N2OS2/c1-3-9-19-14(18)12-10(2)15-16(13(12)17)11-7-5-4-6-8-11/h3-8,15H,1,9H2,2H3. The molecule has 0 bridgehead atoms. The van der Waals surface area contributed by atoms with Crippen LogP contribution >= 0.6 is 24.0 Å². The molecule has 0 unspecified atom stereocenters. The molecule has 19 heavy (non-hydrogen) atoms. The Hall–Kier alpha value is -1.59. The fourth-order valence-electron chi connectivity index (χ4n) is 1.75. The fourth-order valence-corrected chi connectivity index (χ4v) is 2.85. The zero-order chi connectivity index (χ0) is 13.8. The topological polar surface area (TPSA) is 37.8 Å². The highest BCUT2D eigenvalue weighted by Gasteiger charge is 2.16. The summed E-state index contributed by atoms with van der Waals surface area (Å²) in [5, 5.41) is 3.06. The number of para-hydroxylation sites is 1. The average molecular weight is 290 g/mol. The van der Waals surface area contributed by atoms with Crippen LogP contribution in [0.25, 0.3) is 5.69 Å². The molecule has 0 atom stereocenters. The number of nitrogens with one attached hydrogen (secondary N) is 1. The highest BCUT2D eigenvalue weighted by molar-refractivity contribution is 8.23. The van der Waals surface area contributed by atoms with Gasteiger partial charge in [0.15, 0.2) is 0 Å². The fraction of sp³-hybridized carbons (Fsp3) is 0.143. The van der Waals surface area contributed by atoms with Crippen LogP contribution < -0.4 is 5.56 Å². The maximum Gasteiger partial charge on any atom is 0.280 e. The van der Waals surface area contributed by atoms with Crippen molar-refractivity contribution in [3.8, 4) is 5.69 Å². The van der Waals surface area contributed by atoms with Crippen molar-refractivity contribution in [1.82, 2.24) is 9.78 Å². The largest absolute Gasteiger partial charge is 0.295 e. The van der Waals surface area contributed by atoms with E-state index in [2.05, 4.69) is 11.7 Å². The number of hydrogen-bond donors (Lipinski definition) is 1. The molecule has 0 saturated heterocycles. The molecule has 0 aliphatic heterocycles. The second kappa shape index (κ2) is 6.04. The van der Waals surface area contributed by atoms with E-state index in [0.717, 1.165) is 11.4 Å². The highest BCUT2D eigenvalue weighted by atomic mass is 32.2. The van der Waals surface area contributed by atoms with Gasteiger partial charge in [0.2, 0.25) is 0 Å². The summed E-state index contributed by atoms with van der Waals surface area (Å²) >= 11 is 6.75. The Morgan fingerprint density at radius 2 is 2.16 bits per heavy atom. The van der Waals surface area contributed by atoms with Gasteiger partial charge in [0.25, 0.3) is 5.56 Å². The molecule has 2 aromatic rings. The van der Waals surface area contributed by atoms with E-state index in [-0.39, 0.29) is 5.56 Å². The van der Waals surface area contributed by atoms with Crippen LogP contribution in [0.3, 0.4) is 0 Å². The van der Waals surface area contributed by atoms with Gasteiger partial charge in [-0.25, -0.2) is 4.68 Å². The molecule has 5 heteroatoms. The molecule has 0 aliphatic carbocycles. The first-order chi connectivity index (χ1) is 9.15. The molecule has 0 amide bonds. The molecule has 1 aromatic heterocycles. The summed E-state index contributed by atoms with van der Waals surface area (Å²) in [6.07, 6.45) is 1.77. The Morgan fingerprint density at radius 1 is 1.47 bits per heavy atom. The normalized spacial score (nSPS) is 10.4. The van der Waals surface area contributed by atoms with E-state index in [4.69, 9.17) is 12.2 Å². The third-order valence-corrected chi connectivity index (χ3v) is 4.05. The van der Waals surface area contributed by atoms with Crippen molar-refractivity contribution in [1.29, 1.82) is 0 Å². The molecule has 98 valence electrons. The van der Waals surface area contributed by atoms with Crippen LogP contribution in [0.15, 0.2) is 47.8 Å². The van der Waals surface area contributed by atoms with Crippen molar-refractivity contribution in [3.63, 3.8) is 0 Å². The monoisotopic (exact) mass is 290 g/mol. The van der Waals surface area contributed by atoms with Gasteiger partial charge in [-0.05, 0) is 19.1 Å². The predicted octanol–water partition coefficient (Wildman–Crippen LogP) is 3.07. The molecule has 0 radical (unpaired) electrons. The Labute approximate surface area is 121 Å². The molecule has 1 aromatic carbocycles. The minimum Gasteiger partial charge on any atom is -0.295 e. The second-order valence-corrected chi connectivity index (χ2v) is 5.67. The molecule has 1 heterocycles. The van der Waals surface area contributed by atoms with Gasteiger partial charge in [-0.3, -0.25) is 9.89 Å². The van der Waals surface area contributed by atoms with Gasteiger partial charge in [-0.15, -0.1) is 18.3 Å². The average Bonchev–Trinajstić information content (AvgIpc) is 2.72. The lowest BCUT2D eigenvalue weighted by Gasteiger charge is -1.99. The number of aromatic amines is 1. The maximum absolute atomic E-state index is 12.4. The van der Waals surface area contributed by atoms with Gasteiger partial charge >= 0.3 is 0 Å². The molecule has 0 fully saturated rings. The van der Waals surface area contributed by atoms with Crippen molar-refractivity contribution in [2.24, 2.45) is 0 Å². The van der Waals surface area contributed by atoms with E-state index in [0.29, 0.717) is 15.5 Å². The summed E-state index contributed by atoms with van der Waals surface area (Å²) in [5.41, 5.74) is 2.06. The number of aryl methyl sites for hydroxylation is 1. The summed E-state index contributed by atoms with van der Waals surface area (Å²) in [7, 11) is 0. The van der Waals surface area contributed by atoms with Crippen molar-refractivity contribution in [2.45, 2.75) is 6.92 Å². The number of thioether (sulfide) groups is 1. The minimum absolute atomic E-state index is 0.106. The van der Waals surface area contributed by atoms with Gasteiger partial charge in [0.1, 0.15) is 0 Å². The predicted molar refractivity (Wildman–Crippen MR) is 85.5 cm³/mol. The number of aromatic nitrogens is 2. The highest BCUT2D eigenvalue weighted by Crippen LogP contribution is 2.15. The van der Waals surface area contributed by atoms with Gasteiger partial charge in [0, 0.05) is 11.4 Å². The lowest BCUT2D eigenvalue weighted by atomic mass is 10.3. The van der Waals surface area contributed by atoms with Gasteiger partial charge in [-0.2, -0.15) is 0 Å². The first-order valence-electron chi connectivity index (χ1n) is 5.80. The van der Waals surface area contributed by atoms with Crippen molar-refractivity contribution in [2.75, 3.05) is 5.75 Å². The van der Waals surface area contributed by atoms with Gasteiger partial charge in [-0.1, -0.05) is 36.5 Å². The van der Waals surface area contributed by atoms with Crippen LogP contribution in [0.4, 0.5) is 0 Å². The van der Waals surface area contributed by atoms with Crippen LogP contribution in [0.2, 0.25) is 0 Å². The number of benzene rings is 1. The molecule has 2 rings (SSSR count). The maximum atomic E-state index is 12.4. The van der Waals surface area contributed by atoms with E-state index in [1.54, 1.807) is 6.08 Å². The summed E-state index contributed by atoms with van der Waals surface area (Å²) in [4.78, 5) is 12.4. The SMILES string of the molecule is C=CCSC(=S)c1c(C)[nH]n(-c2ccccc2)c1=O. The molecule has 1 N–H and O–H groups in total. The van der Waals surface area contributed by atoms with Crippen molar-refractivity contribution in [3.05, 3.63) is 64.6 Å². The number of H-pyrrole nitrogens is 1. The van der Waals surface area contributed by atoms with E-state index in [1.807, 2.05) is 37.3 Å². The zero-order valence-corrected chi connectivity index (χ0v) is 12.2. The molecule has 3 nitrogen and oxygen atoms in total. The molecular formula is C14H14N2OS2. The lowest BCUT2D eigenvalue weighted by Crippen LogP contribution is -2.19. The second-order valence-electron chi connectivity index (χ2n) is 3.98. The summed E-state index contributed by atoms with van der Waals surface area (Å²) in [6.45, 7) is 5.51. The zero-order valence-electron chi connectivity index (χ0n) is 10.6. The Morgan fingerprint density at radius 3 is 2.79 bits per heavy atom. The Balaban J connectivity index is 2.44. The summed E-state index contributed by atoms with van der Waals surface area (Å²) < 4.78 is 2.12. The quantitative estimate of drug-likeness (QED) is 0.694. The van der Waals surface area contributed by atoms with E-state index < -0.39 is 0 Å². The van der Waals surface area contributed by atoms with E-state index in [1.165, 1.54) is 16.4 Å². The smallest absolute Gasteiger partial charge is 0.280 e. The van der Waals surface area contributed by atoms with Crippen molar-refractivity contribution >= 4 is 28.2 Å². The number of thiocarbonyl (C=S) groups is 1. The van der Waals surface area contributed by atoms with Gasteiger partial charge < -0.3 is 0 Å². The van der Waals surface area contributed by atoms with Crippen LogP contribution in [0.5, 0.6) is 0 Å². The molecule has 0 spiro atoms. The number of rotatable bonds is 4. The van der Waals surface area contributed by atoms with E-state index in [9.17, 15) is 4.79 Å². The number of hydrogen-bond acceptors (Lipinski definition) is 3. The van der Waals surface area contributed by atoms with E-state index >= 15 is 0 Å². The van der Waals surface area contributed by atoms with Crippen LogP contribution in [-0.2, 0) is 0 Å². The van der Waals surface area contributed by atoms with Crippen LogP contribution in [0.1, 0.15) is 11.3 Å². The molecular weight excluding hydrogens is 276 g/mol. The van der Waals surface area contributed by atoms with Crippen molar-refractivity contribution < 1.29 is 0 Å². The molecule has 0 aliphatic rings. The summed E-state index contributed by atoms with van der Waals surface area (Å²) in [5.74, 6) is 0.703. The lowest BCUT2D eigenvalue weighted by molar-refractivity contribution is 0.835. The van der Waals surface area contributed by atoms with Crippen LogP contribution in [0, 0.1) is 6.92 Å².